The van der Waals surface area contributed by atoms with Crippen LogP contribution >= 0.6 is 11.6 Å². The van der Waals surface area contributed by atoms with Crippen molar-refractivity contribution in [3.05, 3.63) is 100 Å². The van der Waals surface area contributed by atoms with E-state index < -0.39 is 0 Å². The maximum atomic E-state index is 10.5. The van der Waals surface area contributed by atoms with E-state index in [1.54, 1.807) is 6.07 Å². The second kappa shape index (κ2) is 6.30. The molecule has 0 aliphatic heterocycles. The van der Waals surface area contributed by atoms with Gasteiger partial charge in [0.05, 0.1) is 5.92 Å². The first-order valence-electron chi connectivity index (χ1n) is 8.25. The van der Waals surface area contributed by atoms with Crippen LogP contribution in [0.2, 0.25) is 5.02 Å². The van der Waals surface area contributed by atoms with Gasteiger partial charge in [0.2, 0.25) is 0 Å². The Kier molecular flexibility index (Phi) is 3.98. The Hall–Kier alpha value is -2.71. The maximum absolute atomic E-state index is 10.5. The molecule has 25 heavy (non-hydrogen) atoms. The lowest BCUT2D eigenvalue weighted by molar-refractivity contribution is 0.467. The van der Waals surface area contributed by atoms with Crippen LogP contribution in [0.25, 0.3) is 10.9 Å². The molecule has 3 heteroatoms. The minimum Gasteiger partial charge on any atom is -0.508 e. The molecule has 0 saturated carbocycles. The number of nitrogens with one attached hydrogen (secondary N) is 1. The minimum absolute atomic E-state index is 0.0754. The van der Waals surface area contributed by atoms with Crippen LogP contribution in [0.5, 0.6) is 5.75 Å². The van der Waals surface area contributed by atoms with Crippen molar-refractivity contribution in [1.29, 1.82) is 0 Å². The molecule has 1 aromatic heterocycles. The lowest BCUT2D eigenvalue weighted by Crippen LogP contribution is -2.05. The number of aryl methyl sites for hydroxylation is 1. The molecule has 2 N–H and O–H groups in total. The zero-order chi connectivity index (χ0) is 17.4. The Morgan fingerprint density at radius 3 is 2.40 bits per heavy atom. The summed E-state index contributed by atoms with van der Waals surface area (Å²) < 4.78 is 0. The maximum Gasteiger partial charge on any atom is 0.119 e. The zero-order valence-electron chi connectivity index (χ0n) is 13.8. The average Bonchev–Trinajstić information content (AvgIpc) is 2.94. The van der Waals surface area contributed by atoms with E-state index in [2.05, 4.69) is 24.0 Å². The van der Waals surface area contributed by atoms with Gasteiger partial charge in [-0.25, -0.2) is 0 Å². The van der Waals surface area contributed by atoms with Gasteiger partial charge in [0.15, 0.2) is 0 Å². The van der Waals surface area contributed by atoms with Crippen molar-refractivity contribution < 1.29 is 5.11 Å². The van der Waals surface area contributed by atoms with Gasteiger partial charge in [-0.2, -0.15) is 0 Å². The van der Waals surface area contributed by atoms with E-state index in [9.17, 15) is 5.11 Å². The molecular formula is C22H18ClNO. The Morgan fingerprint density at radius 1 is 0.920 bits per heavy atom. The number of fused-ring (bicyclic) bond motifs is 1. The van der Waals surface area contributed by atoms with Crippen molar-refractivity contribution in [2.45, 2.75) is 12.8 Å². The van der Waals surface area contributed by atoms with Crippen LogP contribution in [0.15, 0.2) is 72.8 Å². The summed E-state index contributed by atoms with van der Waals surface area (Å²) in [6.07, 6.45) is 0. The third-order valence-corrected chi connectivity index (χ3v) is 4.96. The molecular weight excluding hydrogens is 330 g/mol. The smallest absolute Gasteiger partial charge is 0.119 e. The largest absolute Gasteiger partial charge is 0.508 e. The van der Waals surface area contributed by atoms with Gasteiger partial charge in [-0.1, -0.05) is 66.2 Å². The van der Waals surface area contributed by atoms with Crippen LogP contribution in [0.4, 0.5) is 0 Å². The normalized spacial score (nSPS) is 12.4. The molecule has 0 aliphatic rings. The van der Waals surface area contributed by atoms with Gasteiger partial charge in [0, 0.05) is 27.2 Å². The number of para-hydroxylation sites is 1. The molecule has 1 heterocycles. The highest BCUT2D eigenvalue weighted by atomic mass is 35.5. The van der Waals surface area contributed by atoms with E-state index in [4.69, 9.17) is 11.6 Å². The molecule has 0 bridgehead atoms. The second-order valence-electron chi connectivity index (χ2n) is 6.26. The quantitative estimate of drug-likeness (QED) is 0.467. The number of aromatic nitrogens is 1. The van der Waals surface area contributed by atoms with Crippen molar-refractivity contribution in [2.24, 2.45) is 0 Å². The first-order chi connectivity index (χ1) is 12.1. The number of H-pyrrole nitrogens is 1. The summed E-state index contributed by atoms with van der Waals surface area (Å²) in [6.45, 7) is 2.11. The van der Waals surface area contributed by atoms with Crippen LogP contribution in [0.3, 0.4) is 0 Å². The summed E-state index contributed by atoms with van der Waals surface area (Å²) >= 11 is 6.16. The molecule has 0 amide bonds. The van der Waals surface area contributed by atoms with Gasteiger partial charge < -0.3 is 10.1 Å². The number of hydrogen-bond acceptors (Lipinski definition) is 1. The van der Waals surface area contributed by atoms with Gasteiger partial charge in [-0.05, 0) is 36.2 Å². The van der Waals surface area contributed by atoms with Gasteiger partial charge in [-0.3, -0.25) is 0 Å². The van der Waals surface area contributed by atoms with Crippen molar-refractivity contribution in [3.8, 4) is 5.75 Å². The Bertz CT molecular complexity index is 1040. The molecule has 4 aromatic rings. The number of rotatable bonds is 3. The topological polar surface area (TPSA) is 36.0 Å². The number of phenols is 1. The zero-order valence-corrected chi connectivity index (χ0v) is 14.6. The monoisotopic (exact) mass is 347 g/mol. The number of aromatic hydroxyl groups is 1. The van der Waals surface area contributed by atoms with Gasteiger partial charge >= 0.3 is 0 Å². The van der Waals surface area contributed by atoms with Crippen LogP contribution in [0.1, 0.15) is 28.3 Å². The molecule has 0 aliphatic carbocycles. The van der Waals surface area contributed by atoms with Crippen molar-refractivity contribution in [2.75, 3.05) is 0 Å². The third kappa shape index (κ3) is 2.79. The van der Waals surface area contributed by atoms with Crippen LogP contribution in [-0.4, -0.2) is 10.1 Å². The van der Waals surface area contributed by atoms with Crippen molar-refractivity contribution in [1.82, 2.24) is 4.98 Å². The lowest BCUT2D eigenvalue weighted by Gasteiger charge is -2.19. The number of hydrogen-bond donors (Lipinski definition) is 2. The van der Waals surface area contributed by atoms with Crippen LogP contribution < -0.4 is 0 Å². The lowest BCUT2D eigenvalue weighted by atomic mass is 9.86. The molecule has 0 radical (unpaired) electrons. The summed E-state index contributed by atoms with van der Waals surface area (Å²) in [6, 6.07) is 23.7. The SMILES string of the molecule is Cc1c(C(c2ccccc2)c2ccccc2O)[nH]c2cc(Cl)ccc12. The molecule has 2 nitrogen and oxygen atoms in total. The van der Waals surface area contributed by atoms with Crippen molar-refractivity contribution in [3.63, 3.8) is 0 Å². The predicted octanol–water partition coefficient (Wildman–Crippen LogP) is 6.02. The van der Waals surface area contributed by atoms with Gasteiger partial charge in [0.1, 0.15) is 5.75 Å². The second-order valence-corrected chi connectivity index (χ2v) is 6.69. The van der Waals surface area contributed by atoms with E-state index >= 15 is 0 Å². The van der Waals surface area contributed by atoms with Gasteiger partial charge in [-0.15, -0.1) is 0 Å². The predicted molar refractivity (Wildman–Crippen MR) is 104 cm³/mol. The summed E-state index contributed by atoms with van der Waals surface area (Å²) in [4.78, 5) is 3.53. The summed E-state index contributed by atoms with van der Waals surface area (Å²) in [5, 5.41) is 12.3. The fourth-order valence-electron chi connectivity index (χ4n) is 3.50. The number of halogens is 1. The van der Waals surface area contributed by atoms with E-state index in [1.165, 1.54) is 5.56 Å². The summed E-state index contributed by atoms with van der Waals surface area (Å²) in [7, 11) is 0. The van der Waals surface area contributed by atoms with E-state index in [0.717, 1.165) is 27.7 Å². The first kappa shape index (κ1) is 15.8. The van der Waals surface area contributed by atoms with E-state index in [1.807, 2.05) is 54.6 Å². The summed E-state index contributed by atoms with van der Waals surface area (Å²) in [5.74, 6) is 0.223. The number of benzene rings is 3. The molecule has 124 valence electrons. The molecule has 0 fully saturated rings. The van der Waals surface area contributed by atoms with Gasteiger partial charge in [0.25, 0.3) is 0 Å². The Labute approximate surface area is 151 Å². The molecule has 3 aromatic carbocycles. The molecule has 4 rings (SSSR count). The Balaban J connectivity index is 1.99. The summed E-state index contributed by atoms with van der Waals surface area (Å²) in [5.41, 5.74) is 5.27. The standard InChI is InChI=1S/C22H18ClNO/c1-14-17-12-11-16(23)13-19(17)24-22(14)21(15-7-3-2-4-8-15)18-9-5-6-10-20(18)25/h2-13,21,24-25H,1H3. The highest BCUT2D eigenvalue weighted by molar-refractivity contribution is 6.31. The fraction of sp³-hybridized carbons (Fsp3) is 0.0909. The number of phenolic OH excluding ortho intramolecular Hbond substituents is 1. The van der Waals surface area contributed by atoms with Crippen LogP contribution in [-0.2, 0) is 0 Å². The number of aromatic amines is 1. The van der Waals surface area contributed by atoms with Crippen LogP contribution in [0, 0.1) is 6.92 Å². The van der Waals surface area contributed by atoms with Crippen molar-refractivity contribution >= 4 is 22.5 Å². The fourth-order valence-corrected chi connectivity index (χ4v) is 3.67. The van der Waals surface area contributed by atoms with E-state index in [0.29, 0.717) is 10.8 Å². The molecule has 1 unspecified atom stereocenters. The minimum atomic E-state index is -0.0754. The van der Waals surface area contributed by atoms with E-state index in [-0.39, 0.29) is 5.92 Å². The highest BCUT2D eigenvalue weighted by Crippen LogP contribution is 2.39. The highest BCUT2D eigenvalue weighted by Gasteiger charge is 2.24. The molecule has 0 saturated heterocycles. The Morgan fingerprint density at radius 2 is 1.64 bits per heavy atom. The molecule has 1 atom stereocenters. The molecule has 0 spiro atoms. The third-order valence-electron chi connectivity index (χ3n) is 4.73. The average molecular weight is 348 g/mol. The first-order valence-corrected chi connectivity index (χ1v) is 8.63.